The predicted octanol–water partition coefficient (Wildman–Crippen LogP) is 2.71. The summed E-state index contributed by atoms with van der Waals surface area (Å²) in [5.41, 5.74) is 8.22. The van der Waals surface area contributed by atoms with Gasteiger partial charge in [-0.05, 0) is 31.0 Å². The maximum Gasteiger partial charge on any atom is 0.278 e. The lowest BCUT2D eigenvalue weighted by Gasteiger charge is -2.17. The average Bonchev–Trinajstić information content (AvgIpc) is 3.39. The number of nitrogens with one attached hydrogen (secondary N) is 2. The molecule has 1 atom stereocenters. The standard InChI is InChI=1S/C22H21FN6O2/c23-11-18(24)25-10-4-9-17(20-27-15-7-1-2-8-16(15)28-20)29-21(30)14-6-3-5-13-12-26-22(31)19(13)14/h1-3,5-8,12,17H,4,9-11H2,(H2,24,25)(H,27,28)(H,29,30)/t17-/m0/s1. The molecule has 0 fully saturated rings. The third-order valence-electron chi connectivity index (χ3n) is 5.02. The molecule has 0 aliphatic carbocycles. The van der Waals surface area contributed by atoms with Crippen molar-refractivity contribution >= 4 is 34.9 Å². The first-order chi connectivity index (χ1) is 15.1. The minimum atomic E-state index is -0.793. The topological polar surface area (TPSA) is 126 Å². The number of imidazole rings is 1. The van der Waals surface area contributed by atoms with Gasteiger partial charge in [-0.2, -0.15) is 0 Å². The Morgan fingerprint density at radius 3 is 2.87 bits per heavy atom. The highest BCUT2D eigenvalue weighted by molar-refractivity contribution is 6.18. The number of nitrogens with two attached hydrogens (primary N) is 1. The number of amidine groups is 1. The van der Waals surface area contributed by atoms with Crippen LogP contribution in [-0.4, -0.2) is 47.1 Å². The number of nitrogens with zero attached hydrogens (tertiary/aromatic N) is 3. The summed E-state index contributed by atoms with van der Waals surface area (Å²) in [5, 5.41) is 2.97. The Balaban J connectivity index is 1.58. The number of aromatic amines is 1. The number of carbonyl (C=O) groups is 2. The summed E-state index contributed by atoms with van der Waals surface area (Å²) >= 11 is 0. The number of carbonyl (C=O) groups excluding carboxylic acids is 2. The molecule has 4 N–H and O–H groups in total. The van der Waals surface area contributed by atoms with E-state index < -0.39 is 24.5 Å². The first kappa shape index (κ1) is 20.4. The van der Waals surface area contributed by atoms with Crippen molar-refractivity contribution in [2.75, 3.05) is 13.2 Å². The molecule has 0 bridgehead atoms. The van der Waals surface area contributed by atoms with Crippen molar-refractivity contribution in [1.29, 1.82) is 0 Å². The van der Waals surface area contributed by atoms with Crippen molar-refractivity contribution in [2.45, 2.75) is 18.9 Å². The average molecular weight is 420 g/mol. The fraction of sp³-hybridized carbons (Fsp3) is 0.227. The Hall–Kier alpha value is -3.88. The zero-order valence-electron chi connectivity index (χ0n) is 16.6. The van der Waals surface area contributed by atoms with Gasteiger partial charge in [0.25, 0.3) is 11.8 Å². The van der Waals surface area contributed by atoms with Crippen LogP contribution >= 0.6 is 0 Å². The van der Waals surface area contributed by atoms with Gasteiger partial charge in [-0.25, -0.2) is 14.4 Å². The minimum Gasteiger partial charge on any atom is -0.385 e. The smallest absolute Gasteiger partial charge is 0.278 e. The number of benzene rings is 2. The van der Waals surface area contributed by atoms with Gasteiger partial charge in [-0.1, -0.05) is 24.3 Å². The predicted molar refractivity (Wildman–Crippen MR) is 116 cm³/mol. The van der Waals surface area contributed by atoms with E-state index in [1.54, 1.807) is 18.2 Å². The molecule has 1 aromatic heterocycles. The van der Waals surface area contributed by atoms with Crippen LogP contribution in [0.25, 0.3) is 11.0 Å². The number of rotatable bonds is 8. The molecule has 31 heavy (non-hydrogen) atoms. The number of aromatic nitrogens is 2. The summed E-state index contributed by atoms with van der Waals surface area (Å²) < 4.78 is 12.5. The Morgan fingerprint density at radius 2 is 2.06 bits per heavy atom. The van der Waals surface area contributed by atoms with Crippen molar-refractivity contribution in [1.82, 2.24) is 15.3 Å². The Bertz CT molecular complexity index is 1170. The van der Waals surface area contributed by atoms with E-state index in [1.165, 1.54) is 6.21 Å². The van der Waals surface area contributed by atoms with Gasteiger partial charge in [-0.3, -0.25) is 14.6 Å². The van der Waals surface area contributed by atoms with E-state index in [-0.39, 0.29) is 11.4 Å². The molecule has 2 heterocycles. The van der Waals surface area contributed by atoms with E-state index >= 15 is 0 Å². The van der Waals surface area contributed by atoms with E-state index in [9.17, 15) is 14.0 Å². The molecule has 1 aliphatic rings. The number of amides is 2. The van der Waals surface area contributed by atoms with Crippen LogP contribution in [0.3, 0.4) is 0 Å². The Labute approximate surface area is 177 Å². The number of H-pyrrole nitrogens is 1. The summed E-state index contributed by atoms with van der Waals surface area (Å²) in [5.74, 6) is -0.292. The molecule has 0 saturated heterocycles. The number of hydrogen-bond acceptors (Lipinski definition) is 4. The number of para-hydroxylation sites is 2. The lowest BCUT2D eigenvalue weighted by atomic mass is 10.0. The summed E-state index contributed by atoms with van der Waals surface area (Å²) in [7, 11) is 0. The van der Waals surface area contributed by atoms with Crippen LogP contribution in [0, 0.1) is 0 Å². The van der Waals surface area contributed by atoms with E-state index in [1.807, 2.05) is 24.3 Å². The van der Waals surface area contributed by atoms with Gasteiger partial charge in [0.15, 0.2) is 0 Å². The van der Waals surface area contributed by atoms with Crippen molar-refractivity contribution in [3.8, 4) is 0 Å². The lowest BCUT2D eigenvalue weighted by Crippen LogP contribution is -2.30. The highest BCUT2D eigenvalue weighted by Gasteiger charge is 2.26. The second-order valence-electron chi connectivity index (χ2n) is 7.15. The molecule has 8 nitrogen and oxygen atoms in total. The molecule has 2 aromatic carbocycles. The Morgan fingerprint density at radius 1 is 1.23 bits per heavy atom. The number of hydrogen-bond donors (Lipinski definition) is 3. The summed E-state index contributed by atoms with van der Waals surface area (Å²) in [6, 6.07) is 12.1. The molecular formula is C22H21FN6O2. The van der Waals surface area contributed by atoms with Gasteiger partial charge in [-0.15, -0.1) is 0 Å². The second-order valence-corrected chi connectivity index (χ2v) is 7.15. The van der Waals surface area contributed by atoms with Gasteiger partial charge in [0, 0.05) is 18.3 Å². The summed E-state index contributed by atoms with van der Waals surface area (Å²) in [4.78, 5) is 40.8. The first-order valence-electron chi connectivity index (χ1n) is 9.88. The summed E-state index contributed by atoms with van der Waals surface area (Å²) in [6.07, 6.45) is 2.50. The van der Waals surface area contributed by atoms with Crippen LogP contribution in [0.4, 0.5) is 4.39 Å². The molecule has 0 saturated carbocycles. The first-order valence-corrected chi connectivity index (χ1v) is 9.88. The normalized spacial score (nSPS) is 14.1. The van der Waals surface area contributed by atoms with Gasteiger partial charge in [0.1, 0.15) is 18.3 Å². The number of fused-ring (bicyclic) bond motifs is 2. The molecule has 0 radical (unpaired) electrons. The molecule has 0 spiro atoms. The second kappa shape index (κ2) is 8.86. The van der Waals surface area contributed by atoms with Gasteiger partial charge < -0.3 is 16.0 Å². The van der Waals surface area contributed by atoms with Crippen molar-refractivity contribution in [3.63, 3.8) is 0 Å². The number of aliphatic imine (C=N–C) groups is 2. The molecule has 158 valence electrons. The van der Waals surface area contributed by atoms with Gasteiger partial charge in [0.05, 0.1) is 28.2 Å². The van der Waals surface area contributed by atoms with E-state index in [4.69, 9.17) is 5.73 Å². The van der Waals surface area contributed by atoms with Crippen LogP contribution in [0.5, 0.6) is 0 Å². The van der Waals surface area contributed by atoms with Crippen LogP contribution in [0.2, 0.25) is 0 Å². The third-order valence-corrected chi connectivity index (χ3v) is 5.02. The maximum atomic E-state index is 13.1. The maximum absolute atomic E-state index is 13.1. The summed E-state index contributed by atoms with van der Waals surface area (Å²) in [6.45, 7) is -0.464. The van der Waals surface area contributed by atoms with E-state index in [2.05, 4.69) is 25.3 Å². The minimum absolute atomic E-state index is 0.0531. The molecule has 2 amide bonds. The monoisotopic (exact) mass is 420 g/mol. The van der Waals surface area contributed by atoms with E-state index in [0.717, 1.165) is 11.0 Å². The number of alkyl halides is 1. The quantitative estimate of drug-likeness (QED) is 0.294. The highest BCUT2D eigenvalue weighted by atomic mass is 19.1. The van der Waals surface area contributed by atoms with Gasteiger partial charge in [0.2, 0.25) is 0 Å². The van der Waals surface area contributed by atoms with E-state index in [0.29, 0.717) is 36.3 Å². The largest absolute Gasteiger partial charge is 0.385 e. The van der Waals surface area contributed by atoms with Crippen LogP contribution < -0.4 is 11.1 Å². The van der Waals surface area contributed by atoms with Crippen molar-refractivity contribution < 1.29 is 14.0 Å². The zero-order chi connectivity index (χ0) is 21.8. The fourth-order valence-corrected chi connectivity index (χ4v) is 3.51. The SMILES string of the molecule is NC(CF)=NCCC[C@H](NC(=O)c1cccc2c1C(=O)N=C2)c1nc2ccccc2[nH]1. The van der Waals surface area contributed by atoms with Crippen LogP contribution in [-0.2, 0) is 0 Å². The van der Waals surface area contributed by atoms with Crippen LogP contribution in [0.15, 0.2) is 52.4 Å². The molecule has 0 unspecified atom stereocenters. The van der Waals surface area contributed by atoms with Crippen LogP contribution in [0.1, 0.15) is 51.0 Å². The van der Waals surface area contributed by atoms with Gasteiger partial charge >= 0.3 is 0 Å². The van der Waals surface area contributed by atoms with Crippen molar-refractivity contribution in [3.05, 3.63) is 65.0 Å². The molecule has 3 aromatic rings. The highest BCUT2D eigenvalue weighted by Crippen LogP contribution is 2.23. The molecule has 9 heteroatoms. The number of halogens is 1. The zero-order valence-corrected chi connectivity index (χ0v) is 16.6. The lowest BCUT2D eigenvalue weighted by molar-refractivity contribution is 0.0920. The third kappa shape index (κ3) is 4.35. The Kier molecular flexibility index (Phi) is 5.83. The molecule has 4 rings (SSSR count). The molecular weight excluding hydrogens is 399 g/mol. The fourth-order valence-electron chi connectivity index (χ4n) is 3.51. The molecule has 1 aliphatic heterocycles. The van der Waals surface area contributed by atoms with Crippen molar-refractivity contribution in [2.24, 2.45) is 15.7 Å².